The molecule has 0 aromatic rings. The van der Waals surface area contributed by atoms with Crippen molar-refractivity contribution in [2.24, 2.45) is 5.92 Å². The van der Waals surface area contributed by atoms with E-state index in [2.05, 4.69) is 45.6 Å². The molecule has 0 heteroatoms. The van der Waals surface area contributed by atoms with Crippen molar-refractivity contribution in [2.45, 2.75) is 34.1 Å². The third-order valence-corrected chi connectivity index (χ3v) is 1.00. The molecule has 10 heavy (non-hydrogen) atoms. The maximum Gasteiger partial charge on any atom is 0.0272 e. The van der Waals surface area contributed by atoms with Gasteiger partial charge in [0.25, 0.3) is 0 Å². The van der Waals surface area contributed by atoms with E-state index in [4.69, 9.17) is 0 Å². The molecule has 0 unspecified atom stereocenters. The summed E-state index contributed by atoms with van der Waals surface area (Å²) in [6.45, 7) is 8.40. The quantitative estimate of drug-likeness (QED) is 0.384. The molecule has 0 N–H and O–H groups in total. The van der Waals surface area contributed by atoms with Crippen LogP contribution in [0.15, 0.2) is 11.6 Å². The Morgan fingerprint density at radius 1 is 1.40 bits per heavy atom. The highest BCUT2D eigenvalue weighted by molar-refractivity contribution is 5.08. The van der Waals surface area contributed by atoms with Gasteiger partial charge in [0, 0.05) is 12.3 Å². The van der Waals surface area contributed by atoms with E-state index in [1.807, 2.05) is 0 Å². The fourth-order valence-corrected chi connectivity index (χ4v) is 0.518. The minimum absolute atomic E-state index is 0.505. The lowest BCUT2D eigenvalue weighted by molar-refractivity contribution is 0.865. The standard InChI is InChI=1S/C10H16/c1-9(2)7-5-6-8-10(3)4/h7,10H,5H2,1-4H3. The van der Waals surface area contributed by atoms with Crippen molar-refractivity contribution in [3.8, 4) is 11.8 Å². The Morgan fingerprint density at radius 3 is 2.40 bits per heavy atom. The molecule has 56 valence electrons. The van der Waals surface area contributed by atoms with Gasteiger partial charge in [-0.3, -0.25) is 0 Å². The molecule has 0 heterocycles. The van der Waals surface area contributed by atoms with Gasteiger partial charge in [-0.25, -0.2) is 0 Å². The predicted molar refractivity (Wildman–Crippen MR) is 46.7 cm³/mol. The van der Waals surface area contributed by atoms with E-state index in [0.29, 0.717) is 5.92 Å². The average molecular weight is 136 g/mol. The normalized spacial score (nSPS) is 8.50. The molecule has 0 rings (SSSR count). The zero-order valence-electron chi connectivity index (χ0n) is 7.36. The van der Waals surface area contributed by atoms with Crippen molar-refractivity contribution >= 4 is 0 Å². The molecule has 0 radical (unpaired) electrons. The van der Waals surface area contributed by atoms with Crippen molar-refractivity contribution in [1.82, 2.24) is 0 Å². The molecule has 0 aliphatic rings. The van der Waals surface area contributed by atoms with E-state index in [0.717, 1.165) is 6.42 Å². The molecule has 0 aromatic heterocycles. The lowest BCUT2D eigenvalue weighted by Gasteiger charge is -1.86. The van der Waals surface area contributed by atoms with Crippen LogP contribution in [0.4, 0.5) is 0 Å². The smallest absolute Gasteiger partial charge is 0.0272 e. The molecule has 0 bridgehead atoms. The Kier molecular flexibility index (Phi) is 4.76. The van der Waals surface area contributed by atoms with Crippen molar-refractivity contribution in [1.29, 1.82) is 0 Å². The van der Waals surface area contributed by atoms with Crippen molar-refractivity contribution in [3.05, 3.63) is 11.6 Å². The van der Waals surface area contributed by atoms with E-state index in [1.165, 1.54) is 5.57 Å². The van der Waals surface area contributed by atoms with Crippen LogP contribution in [0.1, 0.15) is 34.1 Å². The summed E-state index contributed by atoms with van der Waals surface area (Å²) in [4.78, 5) is 0. The van der Waals surface area contributed by atoms with Gasteiger partial charge in [0.1, 0.15) is 0 Å². The van der Waals surface area contributed by atoms with Crippen LogP contribution in [0.25, 0.3) is 0 Å². The van der Waals surface area contributed by atoms with E-state index < -0.39 is 0 Å². The first-order valence-electron chi connectivity index (χ1n) is 3.74. The molecule has 0 saturated heterocycles. The van der Waals surface area contributed by atoms with Gasteiger partial charge in [0.15, 0.2) is 0 Å². The highest BCUT2D eigenvalue weighted by Crippen LogP contribution is 1.92. The van der Waals surface area contributed by atoms with Crippen LogP contribution in [0.3, 0.4) is 0 Å². The summed E-state index contributed by atoms with van der Waals surface area (Å²) < 4.78 is 0. The second-order valence-electron chi connectivity index (χ2n) is 2.96. The van der Waals surface area contributed by atoms with E-state index in [-0.39, 0.29) is 0 Å². The number of rotatable bonds is 1. The van der Waals surface area contributed by atoms with Gasteiger partial charge in [0.2, 0.25) is 0 Å². The van der Waals surface area contributed by atoms with Crippen LogP contribution in [0, 0.1) is 17.8 Å². The van der Waals surface area contributed by atoms with Crippen LogP contribution < -0.4 is 0 Å². The third-order valence-electron chi connectivity index (χ3n) is 1.00. The minimum Gasteiger partial charge on any atom is -0.100 e. The van der Waals surface area contributed by atoms with Gasteiger partial charge in [-0.1, -0.05) is 31.4 Å². The van der Waals surface area contributed by atoms with E-state index >= 15 is 0 Å². The Balaban J connectivity index is 3.57. The monoisotopic (exact) mass is 136 g/mol. The van der Waals surface area contributed by atoms with Crippen LogP contribution in [-0.2, 0) is 0 Å². The molecular formula is C10H16. The van der Waals surface area contributed by atoms with Crippen LogP contribution in [-0.4, -0.2) is 0 Å². The maximum absolute atomic E-state index is 3.11. The predicted octanol–water partition coefficient (Wildman–Crippen LogP) is 3.00. The fraction of sp³-hybridized carbons (Fsp3) is 0.600. The van der Waals surface area contributed by atoms with Crippen molar-refractivity contribution in [2.75, 3.05) is 0 Å². The molecule has 0 amide bonds. The second kappa shape index (κ2) is 5.11. The topological polar surface area (TPSA) is 0 Å². The van der Waals surface area contributed by atoms with Crippen LogP contribution in [0.5, 0.6) is 0 Å². The zero-order valence-corrected chi connectivity index (χ0v) is 7.36. The number of hydrogen-bond donors (Lipinski definition) is 0. The van der Waals surface area contributed by atoms with Gasteiger partial charge < -0.3 is 0 Å². The first-order valence-corrected chi connectivity index (χ1v) is 3.74. The zero-order chi connectivity index (χ0) is 7.98. The van der Waals surface area contributed by atoms with Gasteiger partial charge in [-0.05, 0) is 13.8 Å². The highest BCUT2D eigenvalue weighted by Gasteiger charge is 1.79. The van der Waals surface area contributed by atoms with E-state index in [9.17, 15) is 0 Å². The SMILES string of the molecule is CC(C)=CCC#CC(C)C. The summed E-state index contributed by atoms with van der Waals surface area (Å²) in [5.41, 5.74) is 1.35. The van der Waals surface area contributed by atoms with Crippen LogP contribution in [0.2, 0.25) is 0 Å². The highest BCUT2D eigenvalue weighted by atomic mass is 13.8. The van der Waals surface area contributed by atoms with Crippen molar-refractivity contribution in [3.63, 3.8) is 0 Å². The Hall–Kier alpha value is -0.700. The Labute approximate surface area is 64.3 Å². The molecule has 0 fully saturated rings. The Bertz CT molecular complexity index is 158. The first kappa shape index (κ1) is 9.30. The molecule has 0 nitrogen and oxygen atoms in total. The molecule has 0 atom stereocenters. The summed E-state index contributed by atoms with van der Waals surface area (Å²) in [5, 5.41) is 0. The Morgan fingerprint density at radius 2 is 2.00 bits per heavy atom. The maximum atomic E-state index is 3.11. The van der Waals surface area contributed by atoms with Gasteiger partial charge in [-0.15, -0.1) is 5.92 Å². The molecule has 0 saturated carbocycles. The summed E-state index contributed by atoms with van der Waals surface area (Å²) in [6, 6.07) is 0. The number of allylic oxidation sites excluding steroid dienone is 2. The molecule has 0 aliphatic heterocycles. The summed E-state index contributed by atoms with van der Waals surface area (Å²) in [6.07, 6.45) is 3.05. The van der Waals surface area contributed by atoms with Gasteiger partial charge >= 0.3 is 0 Å². The lowest BCUT2D eigenvalue weighted by atomic mass is 10.2. The molecule has 0 aliphatic carbocycles. The lowest BCUT2D eigenvalue weighted by Crippen LogP contribution is -1.76. The van der Waals surface area contributed by atoms with Gasteiger partial charge in [0.05, 0.1) is 0 Å². The van der Waals surface area contributed by atoms with Crippen LogP contribution >= 0.6 is 0 Å². The second-order valence-corrected chi connectivity index (χ2v) is 2.96. The van der Waals surface area contributed by atoms with Crippen molar-refractivity contribution < 1.29 is 0 Å². The minimum atomic E-state index is 0.505. The summed E-state index contributed by atoms with van der Waals surface area (Å²) >= 11 is 0. The first-order chi connectivity index (χ1) is 4.63. The van der Waals surface area contributed by atoms with Gasteiger partial charge in [-0.2, -0.15) is 0 Å². The number of hydrogen-bond acceptors (Lipinski definition) is 0. The summed E-state index contributed by atoms with van der Waals surface area (Å²) in [5.74, 6) is 6.70. The summed E-state index contributed by atoms with van der Waals surface area (Å²) in [7, 11) is 0. The third kappa shape index (κ3) is 7.30. The molecule has 0 aromatic carbocycles. The van der Waals surface area contributed by atoms with E-state index in [1.54, 1.807) is 0 Å². The molecule has 0 spiro atoms. The fourth-order valence-electron chi connectivity index (χ4n) is 0.518. The molecular weight excluding hydrogens is 120 g/mol. The average Bonchev–Trinajstić information content (AvgIpc) is 1.79. The largest absolute Gasteiger partial charge is 0.100 e.